The molecule has 0 radical (unpaired) electrons. The Labute approximate surface area is 125 Å². The van der Waals surface area contributed by atoms with Gasteiger partial charge < -0.3 is 0 Å². The summed E-state index contributed by atoms with van der Waals surface area (Å²) in [4.78, 5) is 0.458. The third kappa shape index (κ3) is 4.04. The quantitative estimate of drug-likeness (QED) is 0.584. The van der Waals surface area contributed by atoms with Crippen LogP contribution >= 0.6 is 15.9 Å². The molecule has 108 valence electrons. The van der Waals surface area contributed by atoms with Crippen molar-refractivity contribution in [1.29, 1.82) is 0 Å². The summed E-state index contributed by atoms with van der Waals surface area (Å²) in [7, 11) is -1.72. The van der Waals surface area contributed by atoms with Gasteiger partial charge in [-0.15, -0.1) is 0 Å². The number of hydrogen-bond acceptors (Lipinski definition) is 2. The molecule has 0 heterocycles. The third-order valence-corrected chi connectivity index (χ3v) is 5.85. The Morgan fingerprint density at radius 2 is 1.63 bits per heavy atom. The van der Waals surface area contributed by atoms with Crippen molar-refractivity contribution in [3.8, 4) is 0 Å². The predicted molar refractivity (Wildman–Crippen MR) is 83.5 cm³/mol. The molecule has 0 bridgehead atoms. The third-order valence-electron chi connectivity index (χ3n) is 3.13. The second-order valence-corrected chi connectivity index (χ2v) is 7.73. The standard InChI is InChI=1S/C14H22BrNO2S/c1-11-9-12(2)14(13(3)10-11)19(17,18)16(4)8-6-5-7-15/h9-10H,5-8H2,1-4H3. The van der Waals surface area contributed by atoms with E-state index in [1.54, 1.807) is 7.05 Å². The van der Waals surface area contributed by atoms with E-state index in [0.717, 1.165) is 34.9 Å². The number of halogens is 1. The Morgan fingerprint density at radius 3 is 2.11 bits per heavy atom. The van der Waals surface area contributed by atoms with Crippen molar-refractivity contribution in [2.75, 3.05) is 18.9 Å². The van der Waals surface area contributed by atoms with Crippen molar-refractivity contribution in [3.05, 3.63) is 28.8 Å². The summed E-state index contributed by atoms with van der Waals surface area (Å²) in [5.41, 5.74) is 2.74. The van der Waals surface area contributed by atoms with Gasteiger partial charge in [0.2, 0.25) is 10.0 Å². The smallest absolute Gasteiger partial charge is 0.207 e. The Bertz CT molecular complexity index is 517. The van der Waals surface area contributed by atoms with Gasteiger partial charge in [-0.2, -0.15) is 0 Å². The minimum atomic E-state index is -3.38. The highest BCUT2D eigenvalue weighted by molar-refractivity contribution is 9.09. The fourth-order valence-corrected chi connectivity index (χ4v) is 4.29. The number of benzene rings is 1. The molecule has 1 aromatic carbocycles. The second-order valence-electron chi connectivity index (χ2n) is 4.95. The Morgan fingerprint density at radius 1 is 1.11 bits per heavy atom. The highest BCUT2D eigenvalue weighted by atomic mass is 79.9. The molecule has 0 saturated heterocycles. The maximum Gasteiger partial charge on any atom is 0.243 e. The van der Waals surface area contributed by atoms with Gasteiger partial charge in [0.15, 0.2) is 0 Å². The molecule has 0 atom stereocenters. The molecule has 19 heavy (non-hydrogen) atoms. The van der Waals surface area contributed by atoms with Crippen molar-refractivity contribution < 1.29 is 8.42 Å². The number of nitrogens with zero attached hydrogens (tertiary/aromatic N) is 1. The lowest BCUT2D eigenvalue weighted by atomic mass is 10.1. The molecule has 1 aromatic rings. The first-order valence-corrected chi connectivity index (χ1v) is 8.97. The van der Waals surface area contributed by atoms with Gasteiger partial charge in [0.1, 0.15) is 0 Å². The summed E-state index contributed by atoms with van der Waals surface area (Å²) in [5, 5.41) is 0.906. The van der Waals surface area contributed by atoms with Gasteiger partial charge in [-0.1, -0.05) is 33.6 Å². The lowest BCUT2D eigenvalue weighted by molar-refractivity contribution is 0.459. The van der Waals surface area contributed by atoms with Crippen LogP contribution in [-0.4, -0.2) is 31.6 Å². The fourth-order valence-electron chi connectivity index (χ4n) is 2.28. The van der Waals surface area contributed by atoms with Gasteiger partial charge in [0, 0.05) is 18.9 Å². The summed E-state index contributed by atoms with van der Waals surface area (Å²) in [6.07, 6.45) is 1.84. The molecular weight excluding hydrogens is 326 g/mol. The molecule has 0 N–H and O–H groups in total. The molecule has 0 saturated carbocycles. The van der Waals surface area contributed by atoms with Crippen LogP contribution in [0.1, 0.15) is 29.5 Å². The minimum Gasteiger partial charge on any atom is -0.207 e. The maximum atomic E-state index is 12.6. The summed E-state index contributed by atoms with van der Waals surface area (Å²) < 4.78 is 26.6. The molecule has 0 aliphatic carbocycles. The van der Waals surface area contributed by atoms with Crippen molar-refractivity contribution in [1.82, 2.24) is 4.31 Å². The van der Waals surface area contributed by atoms with Crippen LogP contribution in [-0.2, 0) is 10.0 Å². The molecule has 3 nitrogen and oxygen atoms in total. The van der Waals surface area contributed by atoms with E-state index in [9.17, 15) is 8.42 Å². The van der Waals surface area contributed by atoms with Crippen molar-refractivity contribution in [2.24, 2.45) is 0 Å². The van der Waals surface area contributed by atoms with Gasteiger partial charge in [0.05, 0.1) is 4.90 Å². The Balaban J connectivity index is 3.07. The predicted octanol–water partition coefficient (Wildman–Crippen LogP) is 3.41. The van der Waals surface area contributed by atoms with Gasteiger partial charge in [0.25, 0.3) is 0 Å². The number of sulfonamides is 1. The average molecular weight is 348 g/mol. The van der Waals surface area contributed by atoms with Crippen LogP contribution in [0.3, 0.4) is 0 Å². The van der Waals surface area contributed by atoms with E-state index in [1.165, 1.54) is 4.31 Å². The first-order chi connectivity index (χ1) is 8.80. The van der Waals surface area contributed by atoms with E-state index >= 15 is 0 Å². The Kier molecular flexibility index (Phi) is 6.02. The molecule has 0 unspecified atom stereocenters. The van der Waals surface area contributed by atoms with Crippen LogP contribution < -0.4 is 0 Å². The first kappa shape index (κ1) is 16.7. The van der Waals surface area contributed by atoms with Gasteiger partial charge in [-0.05, 0) is 44.7 Å². The summed E-state index contributed by atoms with van der Waals surface area (Å²) in [6.45, 7) is 6.26. The zero-order chi connectivity index (χ0) is 14.6. The van der Waals surface area contributed by atoms with E-state index < -0.39 is 10.0 Å². The van der Waals surface area contributed by atoms with Crippen LogP contribution in [0.5, 0.6) is 0 Å². The molecular formula is C14H22BrNO2S. The molecule has 0 aromatic heterocycles. The number of rotatable bonds is 6. The van der Waals surface area contributed by atoms with Crippen LogP contribution in [0.2, 0.25) is 0 Å². The minimum absolute atomic E-state index is 0.458. The summed E-state index contributed by atoms with van der Waals surface area (Å²) >= 11 is 3.36. The lowest BCUT2D eigenvalue weighted by Crippen LogP contribution is -2.29. The van der Waals surface area contributed by atoms with Crippen LogP contribution in [0.25, 0.3) is 0 Å². The largest absolute Gasteiger partial charge is 0.243 e. The normalized spacial score (nSPS) is 12.1. The van der Waals surface area contributed by atoms with E-state index in [-0.39, 0.29) is 0 Å². The van der Waals surface area contributed by atoms with Gasteiger partial charge in [-0.3, -0.25) is 0 Å². The lowest BCUT2D eigenvalue weighted by Gasteiger charge is -2.20. The van der Waals surface area contributed by atoms with Gasteiger partial charge >= 0.3 is 0 Å². The topological polar surface area (TPSA) is 37.4 Å². The Hall–Kier alpha value is -0.390. The first-order valence-electron chi connectivity index (χ1n) is 6.41. The number of unbranched alkanes of at least 4 members (excludes halogenated alkanes) is 1. The molecule has 5 heteroatoms. The monoisotopic (exact) mass is 347 g/mol. The van der Waals surface area contributed by atoms with Gasteiger partial charge in [-0.25, -0.2) is 12.7 Å². The van der Waals surface area contributed by atoms with E-state index in [1.807, 2.05) is 32.9 Å². The second kappa shape index (κ2) is 6.86. The van der Waals surface area contributed by atoms with Crippen molar-refractivity contribution in [2.45, 2.75) is 38.5 Å². The van der Waals surface area contributed by atoms with Crippen molar-refractivity contribution >= 4 is 26.0 Å². The van der Waals surface area contributed by atoms with Crippen LogP contribution in [0.15, 0.2) is 17.0 Å². The maximum absolute atomic E-state index is 12.6. The molecule has 0 aliphatic rings. The zero-order valence-electron chi connectivity index (χ0n) is 12.0. The molecule has 1 rings (SSSR count). The van der Waals surface area contributed by atoms with E-state index in [0.29, 0.717) is 11.4 Å². The molecule has 0 fully saturated rings. The highest BCUT2D eigenvalue weighted by Gasteiger charge is 2.24. The summed E-state index contributed by atoms with van der Waals surface area (Å²) in [6, 6.07) is 3.85. The zero-order valence-corrected chi connectivity index (χ0v) is 14.4. The van der Waals surface area contributed by atoms with Crippen LogP contribution in [0, 0.1) is 20.8 Å². The SMILES string of the molecule is Cc1cc(C)c(S(=O)(=O)N(C)CCCCBr)c(C)c1. The molecule has 0 aliphatic heterocycles. The van der Waals surface area contributed by atoms with E-state index in [4.69, 9.17) is 0 Å². The number of hydrogen-bond donors (Lipinski definition) is 0. The van der Waals surface area contributed by atoms with Crippen LogP contribution in [0.4, 0.5) is 0 Å². The average Bonchev–Trinajstić information content (AvgIpc) is 2.27. The number of alkyl halides is 1. The molecule has 0 amide bonds. The summed E-state index contributed by atoms with van der Waals surface area (Å²) in [5.74, 6) is 0. The highest BCUT2D eigenvalue weighted by Crippen LogP contribution is 2.24. The molecule has 0 spiro atoms. The number of aryl methyl sites for hydroxylation is 3. The van der Waals surface area contributed by atoms with Crippen molar-refractivity contribution in [3.63, 3.8) is 0 Å². The fraction of sp³-hybridized carbons (Fsp3) is 0.571. The van der Waals surface area contributed by atoms with E-state index in [2.05, 4.69) is 15.9 Å².